The standard InChI is InChI=1S/C9H8F2O4S/c10-8(11)5-16(14,15)7-3-1-6(2-4-7)9(12)13/h1-4,8H,5H2,(H,12,13). The smallest absolute Gasteiger partial charge is 0.335 e. The van der Waals surface area contributed by atoms with Crippen molar-refractivity contribution < 1.29 is 27.1 Å². The topological polar surface area (TPSA) is 71.4 Å². The first-order valence-corrected chi connectivity index (χ1v) is 5.82. The maximum Gasteiger partial charge on any atom is 0.335 e. The molecule has 1 rings (SSSR count). The van der Waals surface area contributed by atoms with E-state index in [1.807, 2.05) is 0 Å². The van der Waals surface area contributed by atoms with E-state index in [-0.39, 0.29) is 10.5 Å². The summed E-state index contributed by atoms with van der Waals surface area (Å²) >= 11 is 0. The highest BCUT2D eigenvalue weighted by Crippen LogP contribution is 2.14. The number of carboxylic acids is 1. The molecule has 0 fully saturated rings. The van der Waals surface area contributed by atoms with Crippen LogP contribution in [0.3, 0.4) is 0 Å². The third-order valence-electron chi connectivity index (χ3n) is 1.81. The first-order chi connectivity index (χ1) is 7.33. The zero-order valence-corrected chi connectivity index (χ0v) is 8.75. The van der Waals surface area contributed by atoms with Crippen molar-refractivity contribution >= 4 is 15.8 Å². The summed E-state index contributed by atoms with van der Waals surface area (Å²) in [5.41, 5.74) is -0.101. The molecule has 1 N–H and O–H groups in total. The second-order valence-corrected chi connectivity index (χ2v) is 5.04. The van der Waals surface area contributed by atoms with Crippen molar-refractivity contribution in [2.45, 2.75) is 11.3 Å². The van der Waals surface area contributed by atoms with Crippen LogP contribution in [0.4, 0.5) is 8.78 Å². The lowest BCUT2D eigenvalue weighted by atomic mass is 10.2. The molecule has 1 aromatic carbocycles. The molecule has 0 aliphatic heterocycles. The summed E-state index contributed by atoms with van der Waals surface area (Å²) < 4.78 is 46.5. The number of carboxylic acid groups (broad SMARTS) is 1. The van der Waals surface area contributed by atoms with Gasteiger partial charge in [-0.15, -0.1) is 0 Å². The second-order valence-electron chi connectivity index (χ2n) is 3.00. The summed E-state index contributed by atoms with van der Waals surface area (Å²) in [6.45, 7) is 0. The number of sulfone groups is 1. The molecule has 0 radical (unpaired) electrons. The molecule has 0 unspecified atom stereocenters. The maximum atomic E-state index is 12.0. The third-order valence-corrected chi connectivity index (χ3v) is 3.49. The Bertz CT molecular complexity index is 479. The maximum absolute atomic E-state index is 12.0. The predicted octanol–water partition coefficient (Wildman–Crippen LogP) is 1.42. The zero-order chi connectivity index (χ0) is 12.3. The van der Waals surface area contributed by atoms with Gasteiger partial charge in [0.2, 0.25) is 0 Å². The Morgan fingerprint density at radius 2 is 1.75 bits per heavy atom. The van der Waals surface area contributed by atoms with Crippen molar-refractivity contribution in [3.8, 4) is 0 Å². The van der Waals surface area contributed by atoms with E-state index in [1.54, 1.807) is 0 Å². The molecule has 0 saturated carbocycles. The quantitative estimate of drug-likeness (QED) is 0.877. The molecule has 0 spiro atoms. The number of alkyl halides is 2. The van der Waals surface area contributed by atoms with Crippen LogP contribution >= 0.6 is 0 Å². The lowest BCUT2D eigenvalue weighted by Crippen LogP contribution is -2.13. The molecule has 1 aromatic rings. The Hall–Kier alpha value is -1.50. The average molecular weight is 250 g/mol. The lowest BCUT2D eigenvalue weighted by molar-refractivity contribution is 0.0696. The van der Waals surface area contributed by atoms with Gasteiger partial charge in [0, 0.05) is 0 Å². The summed E-state index contributed by atoms with van der Waals surface area (Å²) in [4.78, 5) is 10.2. The van der Waals surface area contributed by atoms with Crippen LogP contribution in [0.25, 0.3) is 0 Å². The van der Waals surface area contributed by atoms with E-state index in [1.165, 1.54) is 0 Å². The Morgan fingerprint density at radius 3 is 2.12 bits per heavy atom. The molecule has 0 amide bonds. The fourth-order valence-corrected chi connectivity index (χ4v) is 2.14. The normalized spacial score (nSPS) is 11.7. The van der Waals surface area contributed by atoms with Crippen LogP contribution in [-0.2, 0) is 9.84 Å². The number of aromatic carboxylic acids is 1. The van der Waals surface area contributed by atoms with Crippen LogP contribution < -0.4 is 0 Å². The minimum atomic E-state index is -4.04. The van der Waals surface area contributed by atoms with Crippen LogP contribution in [0, 0.1) is 0 Å². The highest BCUT2D eigenvalue weighted by Gasteiger charge is 2.20. The molecule has 0 aromatic heterocycles. The fourth-order valence-electron chi connectivity index (χ4n) is 1.07. The number of halogens is 2. The van der Waals surface area contributed by atoms with E-state index >= 15 is 0 Å². The van der Waals surface area contributed by atoms with Gasteiger partial charge in [0.25, 0.3) is 6.43 Å². The summed E-state index contributed by atoms with van der Waals surface area (Å²) in [5, 5.41) is 8.55. The van der Waals surface area contributed by atoms with Crippen LogP contribution in [0.2, 0.25) is 0 Å². The van der Waals surface area contributed by atoms with E-state index < -0.39 is 28.0 Å². The fraction of sp³-hybridized carbons (Fsp3) is 0.222. The first kappa shape index (κ1) is 12.6. The van der Waals surface area contributed by atoms with Crippen molar-refractivity contribution in [3.05, 3.63) is 29.8 Å². The van der Waals surface area contributed by atoms with E-state index in [0.29, 0.717) is 0 Å². The zero-order valence-electron chi connectivity index (χ0n) is 7.93. The highest BCUT2D eigenvalue weighted by atomic mass is 32.2. The average Bonchev–Trinajstić information content (AvgIpc) is 2.16. The molecule has 16 heavy (non-hydrogen) atoms. The van der Waals surface area contributed by atoms with Crippen molar-refractivity contribution in [3.63, 3.8) is 0 Å². The molecule has 0 atom stereocenters. The molecule has 0 aliphatic rings. The van der Waals surface area contributed by atoms with Gasteiger partial charge in [0.15, 0.2) is 9.84 Å². The molecule has 0 bridgehead atoms. The third kappa shape index (κ3) is 2.99. The number of hydrogen-bond acceptors (Lipinski definition) is 3. The lowest BCUT2D eigenvalue weighted by Gasteiger charge is -2.03. The number of hydrogen-bond donors (Lipinski definition) is 1. The number of rotatable bonds is 4. The Morgan fingerprint density at radius 1 is 1.25 bits per heavy atom. The van der Waals surface area contributed by atoms with Gasteiger partial charge in [-0.25, -0.2) is 22.0 Å². The van der Waals surface area contributed by atoms with Gasteiger partial charge in [-0.1, -0.05) is 0 Å². The van der Waals surface area contributed by atoms with Crippen LogP contribution in [0.1, 0.15) is 10.4 Å². The largest absolute Gasteiger partial charge is 0.478 e. The molecule has 0 heterocycles. The van der Waals surface area contributed by atoms with Crippen molar-refractivity contribution in [2.75, 3.05) is 5.75 Å². The predicted molar refractivity (Wildman–Crippen MR) is 51.5 cm³/mol. The first-order valence-electron chi connectivity index (χ1n) is 4.17. The van der Waals surface area contributed by atoms with Gasteiger partial charge >= 0.3 is 5.97 Å². The summed E-state index contributed by atoms with van der Waals surface area (Å²) in [5.74, 6) is -2.47. The Balaban J connectivity index is 3.02. The molecule has 88 valence electrons. The Labute approximate surface area is 90.4 Å². The Kier molecular flexibility index (Phi) is 3.58. The highest BCUT2D eigenvalue weighted by molar-refractivity contribution is 7.91. The van der Waals surface area contributed by atoms with Crippen LogP contribution in [0.15, 0.2) is 29.2 Å². The summed E-state index contributed by atoms with van der Waals surface area (Å²) in [6, 6.07) is 4.11. The van der Waals surface area contributed by atoms with Crippen molar-refractivity contribution in [1.29, 1.82) is 0 Å². The van der Waals surface area contributed by atoms with Gasteiger partial charge in [-0.05, 0) is 24.3 Å². The van der Waals surface area contributed by atoms with Gasteiger partial charge in [-0.2, -0.15) is 0 Å². The SMILES string of the molecule is O=C(O)c1ccc(S(=O)(=O)CC(F)F)cc1. The van der Waals surface area contributed by atoms with Crippen LogP contribution in [0.5, 0.6) is 0 Å². The van der Waals surface area contributed by atoms with E-state index in [0.717, 1.165) is 24.3 Å². The van der Waals surface area contributed by atoms with E-state index in [9.17, 15) is 22.0 Å². The van der Waals surface area contributed by atoms with Crippen molar-refractivity contribution in [1.82, 2.24) is 0 Å². The van der Waals surface area contributed by atoms with Crippen LogP contribution in [-0.4, -0.2) is 31.7 Å². The van der Waals surface area contributed by atoms with Gasteiger partial charge < -0.3 is 5.11 Å². The number of benzene rings is 1. The molecule has 4 nitrogen and oxygen atoms in total. The minimum Gasteiger partial charge on any atom is -0.478 e. The van der Waals surface area contributed by atoms with E-state index in [4.69, 9.17) is 5.11 Å². The van der Waals surface area contributed by atoms with Gasteiger partial charge in [-0.3, -0.25) is 0 Å². The molecule has 0 aliphatic carbocycles. The second kappa shape index (κ2) is 4.56. The molecule has 0 saturated heterocycles. The summed E-state index contributed by atoms with van der Waals surface area (Å²) in [7, 11) is -4.04. The molecular formula is C9H8F2O4S. The summed E-state index contributed by atoms with van der Waals surface area (Å²) in [6.07, 6.45) is -2.95. The molecule has 7 heteroatoms. The van der Waals surface area contributed by atoms with Crippen molar-refractivity contribution in [2.24, 2.45) is 0 Å². The monoisotopic (exact) mass is 250 g/mol. The van der Waals surface area contributed by atoms with Gasteiger partial charge in [0.1, 0.15) is 5.75 Å². The number of carbonyl (C=O) groups is 1. The van der Waals surface area contributed by atoms with Gasteiger partial charge in [0.05, 0.1) is 10.5 Å². The minimum absolute atomic E-state index is 0.101. The molecular weight excluding hydrogens is 242 g/mol. The van der Waals surface area contributed by atoms with E-state index in [2.05, 4.69) is 0 Å².